The van der Waals surface area contributed by atoms with Gasteiger partial charge in [0.05, 0.1) is 6.04 Å². The average molecular weight is 192 g/mol. The summed E-state index contributed by atoms with van der Waals surface area (Å²) in [5.41, 5.74) is 4.96. The number of hydrogen-bond donors (Lipinski definition) is 2. The smallest absolute Gasteiger partial charge is 0.112 e. The maximum atomic E-state index is 10.8. The van der Waals surface area contributed by atoms with E-state index in [1.165, 1.54) is 10.3 Å². The van der Waals surface area contributed by atoms with Crippen molar-refractivity contribution < 1.29 is 15.3 Å². The molecule has 0 aromatic carbocycles. The first kappa shape index (κ1) is 10.8. The second-order valence-corrected chi connectivity index (χ2v) is 3.76. The summed E-state index contributed by atoms with van der Waals surface area (Å²) in [6, 6.07) is -0.0192. The summed E-state index contributed by atoms with van der Waals surface area (Å²) in [7, 11) is 0. The third-order valence-corrected chi connectivity index (χ3v) is 1.44. The third-order valence-electron chi connectivity index (χ3n) is 1.44. The van der Waals surface area contributed by atoms with Gasteiger partial charge in [0.2, 0.25) is 0 Å². The summed E-state index contributed by atoms with van der Waals surface area (Å²) in [4.78, 5) is 9.55. The van der Waals surface area contributed by atoms with Gasteiger partial charge in [-0.25, -0.2) is 0 Å². The summed E-state index contributed by atoms with van der Waals surface area (Å²) in [6.07, 6.45) is 0. The van der Waals surface area contributed by atoms with E-state index >= 15 is 0 Å². The van der Waals surface area contributed by atoms with Crippen LogP contribution in [0.25, 0.3) is 0 Å². The predicted molar refractivity (Wildman–Crippen MR) is 43.6 cm³/mol. The lowest BCUT2D eigenvalue weighted by atomic mass is 10.3. The number of nitrogens with two attached hydrogens (primary N) is 1. The van der Waals surface area contributed by atoms with E-state index in [1.54, 1.807) is 13.8 Å². The molecule has 1 atom stereocenters. The van der Waals surface area contributed by atoms with Crippen molar-refractivity contribution in [3.8, 4) is 0 Å². The zero-order chi connectivity index (χ0) is 10.2. The number of quaternary nitrogens is 1. The van der Waals surface area contributed by atoms with Crippen LogP contribution < -0.4 is 11.1 Å². The molecule has 0 saturated carbocycles. The maximum Gasteiger partial charge on any atom is 0.112 e. The van der Waals surface area contributed by atoms with Crippen LogP contribution >= 0.6 is 0 Å². The highest BCUT2D eigenvalue weighted by Gasteiger charge is 2.42. The molecular weight excluding hydrogens is 176 g/mol. The van der Waals surface area contributed by atoms with Crippen LogP contribution in [-0.2, 0) is 9.88 Å². The molecule has 7 nitrogen and oxygen atoms in total. The minimum Gasteiger partial charge on any atom is -0.563 e. The number of nitrogens with one attached hydrogen (secondary N) is 1. The van der Waals surface area contributed by atoms with E-state index in [1.807, 2.05) is 13.8 Å². The zero-order valence-electron chi connectivity index (χ0n) is 8.27. The molecule has 7 heteroatoms. The molecule has 1 heterocycles. The number of nitrogens with zero attached hydrogens (tertiary/aromatic N) is 2. The molecule has 13 heavy (non-hydrogen) atoms. The van der Waals surface area contributed by atoms with Crippen molar-refractivity contribution in [2.45, 2.75) is 39.4 Å². The van der Waals surface area contributed by atoms with Crippen LogP contribution in [0.1, 0.15) is 27.7 Å². The molecule has 0 aromatic heterocycles. The van der Waals surface area contributed by atoms with E-state index in [2.05, 4.69) is 0 Å². The fourth-order valence-electron chi connectivity index (χ4n) is 0.928. The van der Waals surface area contributed by atoms with E-state index in [0.717, 1.165) is 0 Å². The SMILES string of the molecule is CC(C)N1O[NH+]([O-])ON1C(C)(C)N. The molecule has 0 amide bonds. The minimum atomic E-state index is -0.795. The van der Waals surface area contributed by atoms with Gasteiger partial charge >= 0.3 is 0 Å². The van der Waals surface area contributed by atoms with Gasteiger partial charge in [-0.05, 0) is 43.4 Å². The molecule has 3 N–H and O–H groups in total. The number of hydroxylamine groups is 2. The van der Waals surface area contributed by atoms with Gasteiger partial charge in [0.1, 0.15) is 5.66 Å². The standard InChI is InChI=1S/C6H16N4O3/c1-5(2)8-9(6(3,4)7)13-10(11)12-8/h5,10H,7H2,1-4H3. The molecule has 0 spiro atoms. The second-order valence-electron chi connectivity index (χ2n) is 3.76. The highest BCUT2D eigenvalue weighted by atomic mass is 17.3. The van der Waals surface area contributed by atoms with Crippen LogP contribution in [-0.4, -0.2) is 22.0 Å². The number of hydrogen-bond acceptors (Lipinski definition) is 6. The van der Waals surface area contributed by atoms with Crippen molar-refractivity contribution in [1.29, 1.82) is 0 Å². The van der Waals surface area contributed by atoms with Gasteiger partial charge in [-0.2, -0.15) is 0 Å². The molecule has 78 valence electrons. The first-order chi connectivity index (χ1) is 5.82. The predicted octanol–water partition coefficient (Wildman–Crippen LogP) is -1.30. The highest BCUT2D eigenvalue weighted by molar-refractivity contribution is 4.65. The van der Waals surface area contributed by atoms with Crippen molar-refractivity contribution in [2.75, 3.05) is 0 Å². The lowest BCUT2D eigenvalue weighted by molar-refractivity contribution is -1.21. The first-order valence-corrected chi connectivity index (χ1v) is 4.10. The van der Waals surface area contributed by atoms with Crippen LogP contribution in [0, 0.1) is 5.21 Å². The van der Waals surface area contributed by atoms with Crippen LogP contribution in [0.5, 0.6) is 0 Å². The normalized spacial score (nSPS) is 27.5. The Balaban J connectivity index is 2.72. The molecule has 1 unspecified atom stereocenters. The third kappa shape index (κ3) is 2.35. The topological polar surface area (TPSA) is 78.5 Å². The van der Waals surface area contributed by atoms with Gasteiger partial charge in [-0.3, -0.25) is 0 Å². The van der Waals surface area contributed by atoms with Gasteiger partial charge in [0.25, 0.3) is 0 Å². The maximum absolute atomic E-state index is 10.8. The van der Waals surface area contributed by atoms with Crippen molar-refractivity contribution in [3.05, 3.63) is 5.21 Å². The molecule has 1 aliphatic rings. The molecule has 0 bridgehead atoms. The quantitative estimate of drug-likeness (QED) is 0.529. The van der Waals surface area contributed by atoms with E-state index in [0.29, 0.717) is 0 Å². The Bertz CT molecular complexity index is 181. The highest BCUT2D eigenvalue weighted by Crippen LogP contribution is 2.15. The van der Waals surface area contributed by atoms with E-state index in [4.69, 9.17) is 15.6 Å². The van der Waals surface area contributed by atoms with E-state index in [-0.39, 0.29) is 6.04 Å². The van der Waals surface area contributed by atoms with E-state index in [9.17, 15) is 5.21 Å². The van der Waals surface area contributed by atoms with Gasteiger partial charge < -0.3 is 10.9 Å². The Morgan fingerprint density at radius 1 is 1.38 bits per heavy atom. The van der Waals surface area contributed by atoms with Crippen LogP contribution in [0.4, 0.5) is 0 Å². The molecule has 1 fully saturated rings. The Kier molecular flexibility index (Phi) is 2.88. The van der Waals surface area contributed by atoms with Gasteiger partial charge in [0, 0.05) is 0 Å². The lowest BCUT2D eigenvalue weighted by Gasteiger charge is -2.30. The summed E-state index contributed by atoms with van der Waals surface area (Å²) < 4.78 is 0. The summed E-state index contributed by atoms with van der Waals surface area (Å²) >= 11 is 0. The second kappa shape index (κ2) is 3.46. The van der Waals surface area contributed by atoms with Gasteiger partial charge in [0.15, 0.2) is 0 Å². The Morgan fingerprint density at radius 2 is 1.92 bits per heavy atom. The molecule has 0 aromatic rings. The largest absolute Gasteiger partial charge is 0.563 e. The first-order valence-electron chi connectivity index (χ1n) is 4.10. The van der Waals surface area contributed by atoms with Crippen LogP contribution in [0.15, 0.2) is 0 Å². The van der Waals surface area contributed by atoms with Crippen molar-refractivity contribution in [3.63, 3.8) is 0 Å². The summed E-state index contributed by atoms with van der Waals surface area (Å²) in [6.45, 7) is 7.15. The van der Waals surface area contributed by atoms with E-state index < -0.39 is 11.1 Å². The summed E-state index contributed by atoms with van der Waals surface area (Å²) in [5.74, 6) is 0. The molecule has 1 rings (SSSR count). The van der Waals surface area contributed by atoms with Crippen molar-refractivity contribution in [2.24, 2.45) is 5.73 Å². The Morgan fingerprint density at radius 3 is 2.23 bits per heavy atom. The average Bonchev–Trinajstić information content (AvgIpc) is 2.29. The zero-order valence-corrected chi connectivity index (χ0v) is 8.27. The molecule has 1 aliphatic heterocycles. The van der Waals surface area contributed by atoms with Gasteiger partial charge in [-0.1, -0.05) is 9.88 Å². The molecule has 0 radical (unpaired) electrons. The Labute approximate surface area is 76.9 Å². The van der Waals surface area contributed by atoms with Gasteiger partial charge in [-0.15, -0.1) is 0 Å². The van der Waals surface area contributed by atoms with Crippen molar-refractivity contribution in [1.82, 2.24) is 10.3 Å². The Hall–Kier alpha value is -0.280. The van der Waals surface area contributed by atoms with Crippen LogP contribution in [0.3, 0.4) is 0 Å². The fourth-order valence-corrected chi connectivity index (χ4v) is 0.928. The number of hydrazine groups is 1. The minimum absolute atomic E-state index is 0.0192. The molecule has 0 aliphatic carbocycles. The fraction of sp³-hybridized carbons (Fsp3) is 1.00. The monoisotopic (exact) mass is 192 g/mol. The summed E-state index contributed by atoms with van der Waals surface area (Å²) in [5, 5.41) is 12.6. The molecular formula is C6H16N4O3. The lowest BCUT2D eigenvalue weighted by Crippen LogP contribution is -3.03. The molecule has 1 saturated heterocycles. The van der Waals surface area contributed by atoms with Crippen LogP contribution in [0.2, 0.25) is 0 Å². The van der Waals surface area contributed by atoms with Crippen molar-refractivity contribution >= 4 is 0 Å². The number of rotatable bonds is 2.